The van der Waals surface area contributed by atoms with Gasteiger partial charge in [-0.15, -0.1) is 0 Å². The summed E-state index contributed by atoms with van der Waals surface area (Å²) < 4.78 is 5.14. The van der Waals surface area contributed by atoms with Gasteiger partial charge in [0.05, 0.1) is 7.11 Å². The third-order valence-corrected chi connectivity index (χ3v) is 2.60. The Labute approximate surface area is 110 Å². The quantitative estimate of drug-likeness (QED) is 0.904. The smallest absolute Gasteiger partial charge is 0.354 e. The van der Waals surface area contributed by atoms with Crippen LogP contribution in [-0.4, -0.2) is 35.2 Å². The van der Waals surface area contributed by atoms with E-state index in [9.17, 15) is 4.79 Å². The average Bonchev–Trinajstić information content (AvgIpc) is 2.46. The Bertz CT molecular complexity index is 601. The number of carboxylic acids is 1. The highest BCUT2D eigenvalue weighted by atomic mass is 16.5. The molecule has 0 fully saturated rings. The van der Waals surface area contributed by atoms with Crippen molar-refractivity contribution in [1.29, 1.82) is 0 Å². The molecule has 0 aliphatic carbocycles. The van der Waals surface area contributed by atoms with Gasteiger partial charge in [-0.1, -0.05) is 6.07 Å². The maximum atomic E-state index is 10.9. The predicted molar refractivity (Wildman–Crippen MR) is 70.0 cm³/mol. The second kappa shape index (κ2) is 5.34. The molecule has 0 radical (unpaired) electrons. The molecular formula is C13H13N3O3. The van der Waals surface area contributed by atoms with Crippen molar-refractivity contribution in [3.05, 3.63) is 42.2 Å². The molecule has 2 rings (SSSR count). The van der Waals surface area contributed by atoms with Crippen LogP contribution in [-0.2, 0) is 0 Å². The lowest BCUT2D eigenvalue weighted by Gasteiger charge is -2.17. The Morgan fingerprint density at radius 2 is 2.16 bits per heavy atom. The molecule has 0 aliphatic rings. The number of anilines is 2. The van der Waals surface area contributed by atoms with Crippen LogP contribution >= 0.6 is 0 Å². The number of ether oxygens (including phenoxy) is 1. The van der Waals surface area contributed by atoms with Crippen LogP contribution in [0.5, 0.6) is 5.75 Å². The van der Waals surface area contributed by atoms with Crippen LogP contribution in [0.2, 0.25) is 0 Å². The molecule has 0 saturated carbocycles. The maximum Gasteiger partial charge on any atom is 0.354 e. The zero-order valence-electron chi connectivity index (χ0n) is 10.6. The number of carbonyl (C=O) groups is 1. The molecule has 0 spiro atoms. The first-order valence-corrected chi connectivity index (χ1v) is 5.56. The number of aromatic nitrogens is 2. The number of nitrogens with zero attached hydrogens (tertiary/aromatic N) is 3. The van der Waals surface area contributed by atoms with E-state index in [2.05, 4.69) is 9.97 Å². The second-order valence-corrected chi connectivity index (χ2v) is 3.81. The summed E-state index contributed by atoms with van der Waals surface area (Å²) in [6.07, 6.45) is 1.42. The summed E-state index contributed by atoms with van der Waals surface area (Å²) in [5.41, 5.74) is 0.765. The van der Waals surface area contributed by atoms with Gasteiger partial charge in [-0.05, 0) is 18.2 Å². The van der Waals surface area contributed by atoms with Crippen LogP contribution in [0.25, 0.3) is 0 Å². The van der Waals surface area contributed by atoms with Gasteiger partial charge in [0.25, 0.3) is 0 Å². The van der Waals surface area contributed by atoms with E-state index in [-0.39, 0.29) is 5.69 Å². The zero-order valence-corrected chi connectivity index (χ0v) is 10.6. The van der Waals surface area contributed by atoms with Crippen molar-refractivity contribution in [1.82, 2.24) is 9.97 Å². The van der Waals surface area contributed by atoms with Gasteiger partial charge in [-0.3, -0.25) is 0 Å². The van der Waals surface area contributed by atoms with Gasteiger partial charge >= 0.3 is 5.97 Å². The lowest BCUT2D eigenvalue weighted by Crippen LogP contribution is -2.15. The maximum absolute atomic E-state index is 10.9. The van der Waals surface area contributed by atoms with Gasteiger partial charge < -0.3 is 14.7 Å². The van der Waals surface area contributed by atoms with Crippen LogP contribution in [0.3, 0.4) is 0 Å². The van der Waals surface area contributed by atoms with E-state index in [1.165, 1.54) is 12.3 Å². The molecule has 6 nitrogen and oxygen atoms in total. The van der Waals surface area contributed by atoms with Crippen LogP contribution in [0.4, 0.5) is 11.6 Å². The molecule has 0 bridgehead atoms. The molecular weight excluding hydrogens is 246 g/mol. The van der Waals surface area contributed by atoms with Gasteiger partial charge in [0.2, 0.25) is 5.95 Å². The molecule has 0 unspecified atom stereocenters. The first kappa shape index (κ1) is 12.8. The third-order valence-electron chi connectivity index (χ3n) is 2.60. The summed E-state index contributed by atoms with van der Waals surface area (Å²) in [5.74, 6) is -0.0606. The molecule has 19 heavy (non-hydrogen) atoms. The van der Waals surface area contributed by atoms with Gasteiger partial charge in [0.1, 0.15) is 5.75 Å². The van der Waals surface area contributed by atoms with E-state index in [1.54, 1.807) is 19.1 Å². The molecule has 0 saturated heterocycles. The SMILES string of the molecule is COc1cccc(N(C)c2nccc(C(=O)O)n2)c1. The third kappa shape index (κ3) is 2.79. The van der Waals surface area contributed by atoms with E-state index in [0.29, 0.717) is 11.7 Å². The van der Waals surface area contributed by atoms with Crippen molar-refractivity contribution >= 4 is 17.6 Å². The van der Waals surface area contributed by atoms with Crippen molar-refractivity contribution in [2.24, 2.45) is 0 Å². The lowest BCUT2D eigenvalue weighted by atomic mass is 10.3. The van der Waals surface area contributed by atoms with Gasteiger partial charge in [0, 0.05) is 25.0 Å². The van der Waals surface area contributed by atoms with Gasteiger partial charge in [-0.25, -0.2) is 14.8 Å². The standard InChI is InChI=1S/C13H13N3O3/c1-16(9-4-3-5-10(8-9)19-2)13-14-7-6-11(15-13)12(17)18/h3-8H,1-2H3,(H,17,18). The summed E-state index contributed by atoms with van der Waals surface area (Å²) in [6, 6.07) is 8.69. The Morgan fingerprint density at radius 1 is 1.37 bits per heavy atom. The summed E-state index contributed by atoms with van der Waals surface area (Å²) in [7, 11) is 3.34. The van der Waals surface area contributed by atoms with Crippen LogP contribution in [0.1, 0.15) is 10.5 Å². The minimum Gasteiger partial charge on any atom is -0.497 e. The highest BCUT2D eigenvalue weighted by molar-refractivity contribution is 5.85. The topological polar surface area (TPSA) is 75.5 Å². The second-order valence-electron chi connectivity index (χ2n) is 3.81. The Morgan fingerprint density at radius 3 is 2.84 bits per heavy atom. The van der Waals surface area contributed by atoms with E-state index in [1.807, 2.05) is 24.3 Å². The highest BCUT2D eigenvalue weighted by Crippen LogP contribution is 2.24. The van der Waals surface area contributed by atoms with E-state index in [4.69, 9.17) is 9.84 Å². The molecule has 1 N–H and O–H groups in total. The Balaban J connectivity index is 2.35. The van der Waals surface area contributed by atoms with Crippen molar-refractivity contribution in [3.8, 4) is 5.75 Å². The predicted octanol–water partition coefficient (Wildman–Crippen LogP) is 1.95. The van der Waals surface area contributed by atoms with Crippen molar-refractivity contribution in [2.75, 3.05) is 19.1 Å². The number of rotatable bonds is 4. The summed E-state index contributed by atoms with van der Waals surface area (Å²) >= 11 is 0. The van der Waals surface area contributed by atoms with Crippen LogP contribution < -0.4 is 9.64 Å². The number of hydrogen-bond donors (Lipinski definition) is 1. The van der Waals surface area contributed by atoms with E-state index < -0.39 is 5.97 Å². The Kier molecular flexibility index (Phi) is 3.61. The van der Waals surface area contributed by atoms with Gasteiger partial charge in [-0.2, -0.15) is 0 Å². The minimum atomic E-state index is -1.08. The minimum absolute atomic E-state index is 0.0419. The number of hydrogen-bond acceptors (Lipinski definition) is 5. The highest BCUT2D eigenvalue weighted by Gasteiger charge is 2.11. The summed E-state index contributed by atoms with van der Waals surface area (Å²) in [6.45, 7) is 0. The monoisotopic (exact) mass is 259 g/mol. The number of carboxylic acid groups (broad SMARTS) is 1. The lowest BCUT2D eigenvalue weighted by molar-refractivity contribution is 0.0690. The molecule has 6 heteroatoms. The van der Waals surface area contributed by atoms with Crippen LogP contribution in [0, 0.1) is 0 Å². The molecule has 2 aromatic rings. The first-order valence-electron chi connectivity index (χ1n) is 5.56. The molecule has 1 heterocycles. The average molecular weight is 259 g/mol. The fourth-order valence-corrected chi connectivity index (χ4v) is 1.56. The fourth-order valence-electron chi connectivity index (χ4n) is 1.56. The number of methoxy groups -OCH3 is 1. The summed E-state index contributed by atoms with van der Waals surface area (Å²) in [5, 5.41) is 8.91. The molecule has 1 aromatic heterocycles. The molecule has 0 amide bonds. The first-order chi connectivity index (χ1) is 9.11. The van der Waals surface area contributed by atoms with E-state index in [0.717, 1.165) is 5.69 Å². The molecule has 1 aromatic carbocycles. The Hall–Kier alpha value is -2.63. The number of benzene rings is 1. The molecule has 0 atom stereocenters. The summed E-state index contributed by atoms with van der Waals surface area (Å²) in [4.78, 5) is 20.6. The molecule has 0 aliphatic heterocycles. The van der Waals surface area contributed by atoms with Crippen molar-refractivity contribution < 1.29 is 14.6 Å². The van der Waals surface area contributed by atoms with Crippen molar-refractivity contribution in [2.45, 2.75) is 0 Å². The normalized spacial score (nSPS) is 10.0. The largest absolute Gasteiger partial charge is 0.497 e. The van der Waals surface area contributed by atoms with Gasteiger partial charge in [0.15, 0.2) is 5.69 Å². The van der Waals surface area contributed by atoms with Crippen molar-refractivity contribution in [3.63, 3.8) is 0 Å². The zero-order chi connectivity index (χ0) is 13.8. The number of aromatic carboxylic acids is 1. The molecule has 98 valence electrons. The fraction of sp³-hybridized carbons (Fsp3) is 0.154. The van der Waals surface area contributed by atoms with Crippen LogP contribution in [0.15, 0.2) is 36.5 Å². The van der Waals surface area contributed by atoms with E-state index >= 15 is 0 Å².